The molecule has 15 heavy (non-hydrogen) atoms. The molecule has 1 unspecified atom stereocenters. The molecule has 0 fully saturated rings. The average molecular weight is 207 g/mol. The van der Waals surface area contributed by atoms with Crippen LogP contribution in [0.3, 0.4) is 0 Å². The molecule has 0 saturated heterocycles. The van der Waals surface area contributed by atoms with Crippen molar-refractivity contribution in [1.82, 2.24) is 15.3 Å². The molecule has 0 aliphatic rings. The van der Waals surface area contributed by atoms with Gasteiger partial charge in [0.05, 0.1) is 5.56 Å². The summed E-state index contributed by atoms with van der Waals surface area (Å²) in [5.41, 5.74) is 1.41. The zero-order valence-electron chi connectivity index (χ0n) is 9.42. The lowest BCUT2D eigenvalue weighted by molar-refractivity contribution is 0.601. The molecule has 1 aromatic heterocycles. The fraction of sp³-hybridized carbons (Fsp3) is 0.455. The van der Waals surface area contributed by atoms with E-state index >= 15 is 0 Å². The van der Waals surface area contributed by atoms with Gasteiger partial charge in [0.25, 0.3) is 5.56 Å². The van der Waals surface area contributed by atoms with Crippen molar-refractivity contribution in [3.8, 4) is 0 Å². The van der Waals surface area contributed by atoms with Crippen molar-refractivity contribution in [2.24, 2.45) is 0 Å². The molecule has 1 rings (SSSR count). The van der Waals surface area contributed by atoms with Gasteiger partial charge in [-0.1, -0.05) is 6.08 Å². The summed E-state index contributed by atoms with van der Waals surface area (Å²) in [6, 6.07) is -0.0140. The lowest BCUT2D eigenvalue weighted by atomic mass is 10.1. The number of hydrogen-bond acceptors (Lipinski definition) is 3. The van der Waals surface area contributed by atoms with Crippen molar-refractivity contribution in [1.29, 1.82) is 0 Å². The van der Waals surface area contributed by atoms with Crippen LogP contribution in [0.15, 0.2) is 17.4 Å². The first-order valence-corrected chi connectivity index (χ1v) is 4.98. The third kappa shape index (κ3) is 2.76. The van der Waals surface area contributed by atoms with Crippen LogP contribution in [0, 0.1) is 13.8 Å². The van der Waals surface area contributed by atoms with Gasteiger partial charge in [-0.15, -0.1) is 6.58 Å². The number of rotatable bonds is 4. The van der Waals surface area contributed by atoms with Crippen molar-refractivity contribution >= 4 is 0 Å². The molecule has 1 heterocycles. The molecule has 0 aromatic carbocycles. The van der Waals surface area contributed by atoms with Crippen LogP contribution in [0.1, 0.15) is 30.0 Å². The van der Waals surface area contributed by atoms with Gasteiger partial charge in [-0.2, -0.15) is 0 Å². The maximum absolute atomic E-state index is 11.7. The third-order valence-corrected chi connectivity index (χ3v) is 2.27. The fourth-order valence-corrected chi connectivity index (χ4v) is 1.61. The number of hydrogen-bond donors (Lipinski definition) is 2. The van der Waals surface area contributed by atoms with E-state index in [1.807, 2.05) is 13.8 Å². The van der Waals surface area contributed by atoms with E-state index in [0.717, 1.165) is 5.69 Å². The smallest absolute Gasteiger partial charge is 0.255 e. The monoisotopic (exact) mass is 207 g/mol. The van der Waals surface area contributed by atoms with Gasteiger partial charge >= 0.3 is 0 Å². The predicted molar refractivity (Wildman–Crippen MR) is 60.9 cm³/mol. The maximum Gasteiger partial charge on any atom is 0.255 e. The van der Waals surface area contributed by atoms with Crippen molar-refractivity contribution in [2.45, 2.75) is 26.8 Å². The van der Waals surface area contributed by atoms with Crippen LogP contribution in [-0.4, -0.2) is 16.5 Å². The van der Waals surface area contributed by atoms with Gasteiger partial charge in [0.15, 0.2) is 0 Å². The van der Waals surface area contributed by atoms with E-state index in [1.165, 1.54) is 0 Å². The van der Waals surface area contributed by atoms with Crippen molar-refractivity contribution < 1.29 is 0 Å². The van der Waals surface area contributed by atoms with E-state index in [2.05, 4.69) is 21.9 Å². The highest BCUT2D eigenvalue weighted by atomic mass is 16.1. The number of nitrogens with zero attached hydrogens (tertiary/aromatic N) is 1. The molecule has 4 nitrogen and oxygen atoms in total. The molecule has 4 heteroatoms. The summed E-state index contributed by atoms with van der Waals surface area (Å²) in [6.45, 7) is 9.87. The predicted octanol–water partition coefficient (Wildman–Crippen LogP) is 1.22. The molecule has 0 aliphatic heterocycles. The number of aromatic nitrogens is 2. The molecule has 1 aromatic rings. The molecule has 2 N–H and O–H groups in total. The van der Waals surface area contributed by atoms with Gasteiger partial charge in [-0.25, -0.2) is 4.98 Å². The van der Waals surface area contributed by atoms with Gasteiger partial charge in [0.2, 0.25) is 0 Å². The SMILES string of the molecule is C=CCNC(C)c1c(C)nc(C)[nH]c1=O. The Labute approximate surface area is 89.4 Å². The van der Waals surface area contributed by atoms with E-state index < -0.39 is 0 Å². The summed E-state index contributed by atoms with van der Waals surface area (Å²) >= 11 is 0. The molecule has 0 radical (unpaired) electrons. The summed E-state index contributed by atoms with van der Waals surface area (Å²) in [6.07, 6.45) is 1.77. The average Bonchev–Trinajstić information content (AvgIpc) is 2.12. The lowest BCUT2D eigenvalue weighted by Gasteiger charge is -2.13. The highest BCUT2D eigenvalue weighted by molar-refractivity contribution is 5.20. The second-order valence-corrected chi connectivity index (χ2v) is 3.57. The quantitative estimate of drug-likeness (QED) is 0.730. The minimum atomic E-state index is -0.0657. The zero-order valence-corrected chi connectivity index (χ0v) is 9.42. The van der Waals surface area contributed by atoms with Gasteiger partial charge in [-0.3, -0.25) is 4.79 Å². The number of aryl methyl sites for hydroxylation is 2. The Morgan fingerprint density at radius 1 is 1.60 bits per heavy atom. The summed E-state index contributed by atoms with van der Waals surface area (Å²) in [4.78, 5) is 18.7. The van der Waals surface area contributed by atoms with Gasteiger partial charge < -0.3 is 10.3 Å². The second kappa shape index (κ2) is 4.89. The Morgan fingerprint density at radius 2 is 2.27 bits per heavy atom. The minimum Gasteiger partial charge on any atom is -0.310 e. The van der Waals surface area contributed by atoms with Crippen molar-refractivity contribution in [2.75, 3.05) is 6.54 Å². The third-order valence-electron chi connectivity index (χ3n) is 2.27. The first-order valence-electron chi connectivity index (χ1n) is 4.98. The molecular formula is C11H17N3O. The molecule has 0 aliphatic carbocycles. The van der Waals surface area contributed by atoms with E-state index in [1.54, 1.807) is 13.0 Å². The number of nitrogens with one attached hydrogen (secondary N) is 2. The summed E-state index contributed by atoms with van der Waals surface area (Å²) < 4.78 is 0. The largest absolute Gasteiger partial charge is 0.310 e. The Bertz CT molecular complexity index is 409. The molecule has 1 atom stereocenters. The second-order valence-electron chi connectivity index (χ2n) is 3.57. The highest BCUT2D eigenvalue weighted by Gasteiger charge is 2.13. The molecule has 0 bridgehead atoms. The zero-order chi connectivity index (χ0) is 11.4. The van der Waals surface area contributed by atoms with Crippen LogP contribution in [0.2, 0.25) is 0 Å². The lowest BCUT2D eigenvalue weighted by Crippen LogP contribution is -2.28. The Balaban J connectivity index is 3.03. The molecular weight excluding hydrogens is 190 g/mol. The summed E-state index contributed by atoms with van der Waals surface area (Å²) in [5.74, 6) is 0.650. The van der Waals surface area contributed by atoms with E-state index in [9.17, 15) is 4.79 Å². The first-order chi connectivity index (χ1) is 7.06. The van der Waals surface area contributed by atoms with Gasteiger partial charge in [0, 0.05) is 18.3 Å². The molecule has 0 spiro atoms. The van der Waals surface area contributed by atoms with Crippen LogP contribution >= 0.6 is 0 Å². The Hall–Kier alpha value is -1.42. The summed E-state index contributed by atoms with van der Waals surface area (Å²) in [7, 11) is 0. The number of H-pyrrole nitrogens is 1. The van der Waals surface area contributed by atoms with Crippen molar-refractivity contribution in [3.05, 3.63) is 40.1 Å². The van der Waals surface area contributed by atoms with E-state index in [0.29, 0.717) is 17.9 Å². The topological polar surface area (TPSA) is 57.8 Å². The highest BCUT2D eigenvalue weighted by Crippen LogP contribution is 2.09. The Kier molecular flexibility index (Phi) is 3.80. The number of aromatic amines is 1. The first kappa shape index (κ1) is 11.7. The maximum atomic E-state index is 11.7. The van der Waals surface area contributed by atoms with E-state index in [-0.39, 0.29) is 11.6 Å². The minimum absolute atomic E-state index is 0.0140. The Morgan fingerprint density at radius 3 is 2.80 bits per heavy atom. The van der Waals surface area contributed by atoms with Crippen molar-refractivity contribution in [3.63, 3.8) is 0 Å². The summed E-state index contributed by atoms with van der Waals surface area (Å²) in [5, 5.41) is 3.17. The normalized spacial score (nSPS) is 12.5. The standard InChI is InChI=1S/C11H17N3O/c1-5-6-12-7(2)10-8(3)13-9(4)14-11(10)15/h5,7,12H,1,6H2,2-4H3,(H,13,14,15). The van der Waals surface area contributed by atoms with Gasteiger partial charge in [0.1, 0.15) is 5.82 Å². The molecule has 0 saturated carbocycles. The molecule has 82 valence electrons. The van der Waals surface area contributed by atoms with Crippen LogP contribution in [-0.2, 0) is 0 Å². The fourth-order valence-electron chi connectivity index (χ4n) is 1.61. The van der Waals surface area contributed by atoms with Crippen LogP contribution in [0.4, 0.5) is 0 Å². The van der Waals surface area contributed by atoms with E-state index in [4.69, 9.17) is 0 Å². The van der Waals surface area contributed by atoms with Crippen LogP contribution in [0.5, 0.6) is 0 Å². The van der Waals surface area contributed by atoms with Crippen LogP contribution < -0.4 is 10.9 Å². The van der Waals surface area contributed by atoms with Crippen LogP contribution in [0.25, 0.3) is 0 Å². The molecule has 0 amide bonds. The van der Waals surface area contributed by atoms with Gasteiger partial charge in [-0.05, 0) is 20.8 Å².